The Morgan fingerprint density at radius 3 is 2.38 bits per heavy atom. The number of aliphatic hydroxyl groups excluding tert-OH is 1. The van der Waals surface area contributed by atoms with Gasteiger partial charge in [0.15, 0.2) is 0 Å². The zero-order valence-electron chi connectivity index (χ0n) is 9.08. The van der Waals surface area contributed by atoms with Crippen molar-refractivity contribution in [3.63, 3.8) is 0 Å². The molecular weight excluding hydrogens is 205 g/mol. The summed E-state index contributed by atoms with van der Waals surface area (Å²) < 4.78 is 0. The van der Waals surface area contributed by atoms with Crippen LogP contribution in [-0.2, 0) is 0 Å². The quantitative estimate of drug-likeness (QED) is 0.598. The molecule has 0 aromatic heterocycles. The van der Waals surface area contributed by atoms with Gasteiger partial charge in [-0.1, -0.05) is 12.1 Å². The molecule has 0 radical (unpaired) electrons. The molecule has 1 saturated heterocycles. The Balaban J connectivity index is 2.14. The molecule has 1 aromatic rings. The average molecular weight is 221 g/mol. The van der Waals surface area contributed by atoms with Gasteiger partial charge < -0.3 is 20.1 Å². The minimum absolute atomic E-state index is 0.418. The Morgan fingerprint density at radius 1 is 1.12 bits per heavy atom. The smallest absolute Gasteiger partial charge is 0.423 e. The number of benzene rings is 1. The fourth-order valence-electron chi connectivity index (χ4n) is 2.05. The van der Waals surface area contributed by atoms with Crippen LogP contribution in [0.4, 0.5) is 5.69 Å². The van der Waals surface area contributed by atoms with Gasteiger partial charge in [0.05, 0.1) is 0 Å². The van der Waals surface area contributed by atoms with Crippen molar-refractivity contribution in [3.8, 4) is 0 Å². The zero-order valence-corrected chi connectivity index (χ0v) is 9.08. The van der Waals surface area contributed by atoms with E-state index in [0.717, 1.165) is 31.5 Å². The highest BCUT2D eigenvalue weighted by atomic mass is 16.4. The first-order chi connectivity index (χ1) is 7.68. The first-order valence-corrected chi connectivity index (χ1v) is 5.59. The molecule has 16 heavy (non-hydrogen) atoms. The lowest BCUT2D eigenvalue weighted by Crippen LogP contribution is -2.39. The van der Waals surface area contributed by atoms with E-state index < -0.39 is 13.3 Å². The van der Waals surface area contributed by atoms with E-state index >= 15 is 0 Å². The summed E-state index contributed by atoms with van der Waals surface area (Å²) in [5.74, 6) is 0. The Labute approximate surface area is 95.3 Å². The summed E-state index contributed by atoms with van der Waals surface area (Å²) in [6.45, 7) is 0.849. The Kier molecular flexibility index (Phi) is 3.48. The average Bonchev–Trinajstić information content (AvgIpc) is 2.30. The largest absolute Gasteiger partial charge is 0.488 e. The van der Waals surface area contributed by atoms with Crippen LogP contribution in [0.25, 0.3) is 0 Å². The van der Waals surface area contributed by atoms with Crippen molar-refractivity contribution >= 4 is 18.3 Å². The second kappa shape index (κ2) is 4.87. The second-order valence-electron chi connectivity index (χ2n) is 4.13. The van der Waals surface area contributed by atoms with Crippen molar-refractivity contribution in [1.29, 1.82) is 0 Å². The number of aliphatic hydroxyl groups is 1. The fraction of sp³-hybridized carbons (Fsp3) is 0.455. The van der Waals surface area contributed by atoms with E-state index in [1.807, 2.05) is 17.0 Å². The molecule has 0 amide bonds. The van der Waals surface area contributed by atoms with E-state index in [4.69, 9.17) is 10.0 Å². The molecule has 1 unspecified atom stereocenters. The maximum atomic E-state index is 9.83. The van der Waals surface area contributed by atoms with Crippen molar-refractivity contribution in [2.75, 3.05) is 11.4 Å². The SMILES string of the molecule is OB(O)c1ccc(N2CCCCC2O)cc1. The van der Waals surface area contributed by atoms with Crippen molar-refractivity contribution in [2.45, 2.75) is 25.5 Å². The predicted molar refractivity (Wildman–Crippen MR) is 63.5 cm³/mol. The lowest BCUT2D eigenvalue weighted by Gasteiger charge is -2.34. The molecule has 1 heterocycles. The summed E-state index contributed by atoms with van der Waals surface area (Å²) in [5.41, 5.74) is 1.40. The van der Waals surface area contributed by atoms with Crippen molar-refractivity contribution in [1.82, 2.24) is 0 Å². The van der Waals surface area contributed by atoms with E-state index in [1.165, 1.54) is 0 Å². The summed E-state index contributed by atoms with van der Waals surface area (Å²) in [4.78, 5) is 1.94. The van der Waals surface area contributed by atoms with E-state index in [9.17, 15) is 5.11 Å². The molecule has 1 fully saturated rings. The fourth-order valence-corrected chi connectivity index (χ4v) is 2.05. The van der Waals surface area contributed by atoms with Gasteiger partial charge >= 0.3 is 7.12 Å². The number of hydrogen-bond acceptors (Lipinski definition) is 4. The monoisotopic (exact) mass is 221 g/mol. The van der Waals surface area contributed by atoms with Gasteiger partial charge in [0.25, 0.3) is 0 Å². The summed E-state index contributed by atoms with van der Waals surface area (Å²) in [5, 5.41) is 27.8. The van der Waals surface area contributed by atoms with Gasteiger partial charge in [-0.25, -0.2) is 0 Å². The first kappa shape index (κ1) is 11.5. The molecule has 3 N–H and O–H groups in total. The minimum atomic E-state index is -1.43. The first-order valence-electron chi connectivity index (χ1n) is 5.59. The maximum Gasteiger partial charge on any atom is 0.488 e. The van der Waals surface area contributed by atoms with Gasteiger partial charge in [-0.2, -0.15) is 0 Å². The number of piperidine rings is 1. The highest BCUT2D eigenvalue weighted by Gasteiger charge is 2.20. The van der Waals surface area contributed by atoms with Crippen LogP contribution in [0.1, 0.15) is 19.3 Å². The zero-order chi connectivity index (χ0) is 11.5. The highest BCUT2D eigenvalue weighted by molar-refractivity contribution is 6.58. The second-order valence-corrected chi connectivity index (χ2v) is 4.13. The Morgan fingerprint density at radius 2 is 1.81 bits per heavy atom. The van der Waals surface area contributed by atoms with Crippen LogP contribution in [-0.4, -0.2) is 35.0 Å². The molecule has 4 nitrogen and oxygen atoms in total. The molecular formula is C11H16BNO3. The Bertz CT molecular complexity index is 342. The van der Waals surface area contributed by atoms with Gasteiger partial charge in [-0.05, 0) is 36.9 Å². The van der Waals surface area contributed by atoms with Gasteiger partial charge in [-0.15, -0.1) is 0 Å². The third-order valence-corrected chi connectivity index (χ3v) is 2.99. The lowest BCUT2D eigenvalue weighted by molar-refractivity contribution is 0.140. The molecule has 1 atom stereocenters. The van der Waals surface area contributed by atoms with Crippen LogP contribution in [0.15, 0.2) is 24.3 Å². The van der Waals surface area contributed by atoms with Crippen LogP contribution >= 0.6 is 0 Å². The molecule has 0 bridgehead atoms. The predicted octanol–water partition coefficient (Wildman–Crippen LogP) is -0.325. The third-order valence-electron chi connectivity index (χ3n) is 2.99. The number of anilines is 1. The molecule has 86 valence electrons. The number of rotatable bonds is 2. The van der Waals surface area contributed by atoms with Crippen molar-refractivity contribution in [3.05, 3.63) is 24.3 Å². The third kappa shape index (κ3) is 2.37. The van der Waals surface area contributed by atoms with Crippen LogP contribution in [0.3, 0.4) is 0 Å². The molecule has 0 spiro atoms. The number of nitrogens with zero attached hydrogens (tertiary/aromatic N) is 1. The maximum absolute atomic E-state index is 9.83. The van der Waals surface area contributed by atoms with Crippen molar-refractivity contribution < 1.29 is 15.2 Å². The van der Waals surface area contributed by atoms with Gasteiger partial charge in [0.1, 0.15) is 6.23 Å². The standard InChI is InChI=1S/C11H16BNO3/c14-11-3-1-2-8-13(11)10-6-4-9(5-7-10)12(15)16/h4-7,11,14-16H,1-3,8H2. The summed E-state index contributed by atoms with van der Waals surface area (Å²) in [7, 11) is -1.43. The van der Waals surface area contributed by atoms with Crippen LogP contribution in [0, 0.1) is 0 Å². The number of hydrogen-bond donors (Lipinski definition) is 3. The van der Waals surface area contributed by atoms with Crippen molar-refractivity contribution in [2.24, 2.45) is 0 Å². The van der Waals surface area contributed by atoms with Crippen LogP contribution in [0.2, 0.25) is 0 Å². The van der Waals surface area contributed by atoms with E-state index in [2.05, 4.69) is 0 Å². The molecule has 0 aliphatic carbocycles. The summed E-state index contributed by atoms with van der Waals surface area (Å²) in [6.07, 6.45) is 2.52. The van der Waals surface area contributed by atoms with Gasteiger partial charge in [0.2, 0.25) is 0 Å². The topological polar surface area (TPSA) is 63.9 Å². The molecule has 1 aliphatic rings. The molecule has 1 aliphatic heterocycles. The minimum Gasteiger partial charge on any atom is -0.423 e. The summed E-state index contributed by atoms with van der Waals surface area (Å²) in [6, 6.07) is 6.95. The highest BCUT2D eigenvalue weighted by Crippen LogP contribution is 2.22. The van der Waals surface area contributed by atoms with Crippen LogP contribution < -0.4 is 10.4 Å². The molecule has 0 saturated carbocycles. The van der Waals surface area contributed by atoms with Gasteiger partial charge in [-0.3, -0.25) is 0 Å². The van der Waals surface area contributed by atoms with Gasteiger partial charge in [0, 0.05) is 12.2 Å². The molecule has 1 aromatic carbocycles. The van der Waals surface area contributed by atoms with E-state index in [0.29, 0.717) is 5.46 Å². The van der Waals surface area contributed by atoms with E-state index in [-0.39, 0.29) is 0 Å². The van der Waals surface area contributed by atoms with E-state index in [1.54, 1.807) is 12.1 Å². The normalized spacial score (nSPS) is 20.9. The van der Waals surface area contributed by atoms with Crippen LogP contribution in [0.5, 0.6) is 0 Å². The summed E-state index contributed by atoms with van der Waals surface area (Å²) >= 11 is 0. The molecule has 2 rings (SSSR count). The lowest BCUT2D eigenvalue weighted by atomic mass is 9.80. The Hall–Kier alpha value is -1.04. The molecule has 5 heteroatoms.